The molecular formula is C33H40N4O6. The van der Waals surface area contributed by atoms with Gasteiger partial charge in [-0.1, -0.05) is 19.9 Å². The van der Waals surface area contributed by atoms with Crippen LogP contribution in [0.2, 0.25) is 0 Å². The molecule has 1 heterocycles. The fraction of sp³-hybridized carbons (Fsp3) is 0.394. The Bertz CT molecular complexity index is 1530. The van der Waals surface area contributed by atoms with E-state index in [1.807, 2.05) is 38.1 Å². The Kier molecular flexibility index (Phi) is 10.2. The standard InChI is InChI=1S/C33H40N4O6/c1-19(2)15-27(33(40)35-18-21-11-13-34-14-12-21)37-26-10-8-23-24(17-28(26)39)25(36-20(3)38)9-7-22-16-29(41-4)31(42-5)32(43-6)30(22)23/h8,10-14,16-17,19,25,27H,7,9,15,18H2,1-6H3,(H,35,40)(H,36,38)(H,37,39)/t25-,27-/m1/s1. The van der Waals surface area contributed by atoms with Gasteiger partial charge in [-0.25, -0.2) is 0 Å². The summed E-state index contributed by atoms with van der Waals surface area (Å²) in [5.74, 6) is 1.21. The lowest BCUT2D eigenvalue weighted by atomic mass is 9.95. The molecule has 3 N–H and O–H groups in total. The molecule has 10 nitrogen and oxygen atoms in total. The van der Waals surface area contributed by atoms with Gasteiger partial charge in [-0.15, -0.1) is 0 Å². The molecule has 2 amide bonds. The molecule has 3 aromatic rings. The molecule has 2 atom stereocenters. The summed E-state index contributed by atoms with van der Waals surface area (Å²) < 4.78 is 17.1. The molecule has 0 spiro atoms. The number of nitrogens with zero attached hydrogens (tertiary/aromatic N) is 1. The predicted molar refractivity (Wildman–Crippen MR) is 166 cm³/mol. The Morgan fingerprint density at radius 3 is 2.35 bits per heavy atom. The fourth-order valence-corrected chi connectivity index (χ4v) is 5.53. The number of fused-ring (bicyclic) bond motifs is 3. The smallest absolute Gasteiger partial charge is 0.242 e. The predicted octanol–water partition coefficient (Wildman–Crippen LogP) is 4.40. The maximum atomic E-state index is 13.8. The number of hydrogen-bond donors (Lipinski definition) is 3. The van der Waals surface area contributed by atoms with E-state index in [0.29, 0.717) is 48.6 Å². The Morgan fingerprint density at radius 2 is 1.72 bits per heavy atom. The maximum absolute atomic E-state index is 13.8. The van der Waals surface area contributed by atoms with E-state index in [1.54, 1.807) is 45.9 Å². The summed E-state index contributed by atoms with van der Waals surface area (Å²) in [7, 11) is 4.67. The van der Waals surface area contributed by atoms with Gasteiger partial charge in [0, 0.05) is 31.4 Å². The number of aryl methyl sites for hydroxylation is 1. The Hall–Kier alpha value is -4.60. The monoisotopic (exact) mass is 588 g/mol. The van der Waals surface area contributed by atoms with Crippen LogP contribution in [-0.2, 0) is 22.6 Å². The van der Waals surface area contributed by atoms with E-state index in [-0.39, 0.29) is 28.8 Å². The first kappa shape index (κ1) is 31.3. The molecule has 1 aromatic heterocycles. The van der Waals surface area contributed by atoms with Crippen LogP contribution in [0.15, 0.2) is 53.6 Å². The highest BCUT2D eigenvalue weighted by molar-refractivity contribution is 5.86. The summed E-state index contributed by atoms with van der Waals surface area (Å²) in [4.78, 5) is 43.3. The van der Waals surface area contributed by atoms with Crippen LogP contribution in [-0.4, -0.2) is 44.2 Å². The molecule has 228 valence electrons. The van der Waals surface area contributed by atoms with Gasteiger partial charge in [0.05, 0.1) is 33.1 Å². The van der Waals surface area contributed by atoms with Crippen LogP contribution in [0.5, 0.6) is 17.2 Å². The van der Waals surface area contributed by atoms with Crippen LogP contribution in [0.3, 0.4) is 0 Å². The minimum Gasteiger partial charge on any atom is -0.493 e. The maximum Gasteiger partial charge on any atom is 0.242 e. The van der Waals surface area contributed by atoms with Crippen molar-refractivity contribution in [1.82, 2.24) is 15.6 Å². The van der Waals surface area contributed by atoms with Crippen LogP contribution in [0, 0.1) is 5.92 Å². The average molecular weight is 589 g/mol. The van der Waals surface area contributed by atoms with Gasteiger partial charge in [0.1, 0.15) is 6.04 Å². The van der Waals surface area contributed by atoms with Gasteiger partial charge in [-0.3, -0.25) is 19.4 Å². The Labute approximate surface area is 252 Å². The lowest BCUT2D eigenvalue weighted by Crippen LogP contribution is -2.41. The topological polar surface area (TPSA) is 128 Å². The third kappa shape index (κ3) is 7.25. The van der Waals surface area contributed by atoms with E-state index in [1.165, 1.54) is 6.92 Å². The summed E-state index contributed by atoms with van der Waals surface area (Å²) >= 11 is 0. The van der Waals surface area contributed by atoms with Crippen molar-refractivity contribution in [2.75, 3.05) is 26.6 Å². The summed E-state index contributed by atoms with van der Waals surface area (Å²) in [6.07, 6.45) is 5.02. The minimum absolute atomic E-state index is 0.191. The van der Waals surface area contributed by atoms with Crippen molar-refractivity contribution in [1.29, 1.82) is 0 Å². The third-order valence-corrected chi connectivity index (χ3v) is 7.49. The number of ether oxygens (including phenoxy) is 3. The number of amides is 2. The van der Waals surface area contributed by atoms with E-state index in [9.17, 15) is 14.4 Å². The number of benzene rings is 1. The molecule has 1 aliphatic carbocycles. The summed E-state index contributed by atoms with van der Waals surface area (Å²) in [6.45, 7) is 5.86. The van der Waals surface area contributed by atoms with Crippen molar-refractivity contribution in [3.05, 3.63) is 75.7 Å². The summed E-state index contributed by atoms with van der Waals surface area (Å²) in [5, 5.41) is 9.21. The SMILES string of the molecule is COc1cc2c(c(OC)c1OC)-c1ccc(N[C@H](CC(C)C)C(=O)NCc3ccncc3)c(=O)cc1[C@H](NC(C)=O)CC2. The van der Waals surface area contributed by atoms with Gasteiger partial charge in [-0.2, -0.15) is 0 Å². The largest absolute Gasteiger partial charge is 0.493 e. The molecule has 4 rings (SSSR count). The molecule has 2 aromatic carbocycles. The van der Waals surface area contributed by atoms with Gasteiger partial charge in [0.2, 0.25) is 23.0 Å². The van der Waals surface area contributed by atoms with E-state index in [4.69, 9.17) is 14.2 Å². The highest BCUT2D eigenvalue weighted by Gasteiger charge is 2.30. The van der Waals surface area contributed by atoms with Crippen LogP contribution < -0.4 is 35.6 Å². The third-order valence-electron chi connectivity index (χ3n) is 7.49. The van der Waals surface area contributed by atoms with Crippen LogP contribution in [0.1, 0.15) is 56.3 Å². The van der Waals surface area contributed by atoms with Gasteiger partial charge in [0.25, 0.3) is 0 Å². The van der Waals surface area contributed by atoms with Crippen LogP contribution in [0.25, 0.3) is 11.1 Å². The average Bonchev–Trinajstić information content (AvgIpc) is 3.23. The lowest BCUT2D eigenvalue weighted by molar-refractivity contribution is -0.122. The summed E-state index contributed by atoms with van der Waals surface area (Å²) in [5.41, 5.74) is 3.98. The molecule has 0 radical (unpaired) electrons. The first-order valence-electron chi connectivity index (χ1n) is 14.4. The molecule has 10 heteroatoms. The molecular weight excluding hydrogens is 548 g/mol. The van der Waals surface area contributed by atoms with Crippen molar-refractivity contribution in [3.63, 3.8) is 0 Å². The van der Waals surface area contributed by atoms with Crippen molar-refractivity contribution < 1.29 is 23.8 Å². The van der Waals surface area contributed by atoms with Crippen molar-refractivity contribution in [3.8, 4) is 28.4 Å². The molecule has 0 aliphatic heterocycles. The van der Waals surface area contributed by atoms with Gasteiger partial charge in [-0.05, 0) is 77.8 Å². The number of hydrogen-bond acceptors (Lipinski definition) is 8. The highest BCUT2D eigenvalue weighted by Crippen LogP contribution is 2.50. The quantitative estimate of drug-likeness (QED) is 0.301. The highest BCUT2D eigenvalue weighted by atomic mass is 16.5. The number of carbonyl (C=O) groups excluding carboxylic acids is 2. The molecule has 0 bridgehead atoms. The number of aromatic nitrogens is 1. The van der Waals surface area contributed by atoms with Gasteiger partial charge < -0.3 is 30.2 Å². The second-order valence-corrected chi connectivity index (χ2v) is 11.0. The van der Waals surface area contributed by atoms with E-state index in [0.717, 1.165) is 22.3 Å². The van der Waals surface area contributed by atoms with Crippen molar-refractivity contribution in [2.24, 2.45) is 5.92 Å². The summed E-state index contributed by atoms with van der Waals surface area (Å²) in [6, 6.07) is 9.60. The minimum atomic E-state index is -0.644. The first-order chi connectivity index (χ1) is 20.7. The first-order valence-corrected chi connectivity index (χ1v) is 14.4. The van der Waals surface area contributed by atoms with Gasteiger partial charge >= 0.3 is 0 Å². The van der Waals surface area contributed by atoms with Gasteiger partial charge in [0.15, 0.2) is 11.5 Å². The molecule has 0 saturated heterocycles. The zero-order chi connectivity index (χ0) is 31.1. The van der Waals surface area contributed by atoms with E-state index in [2.05, 4.69) is 20.9 Å². The number of rotatable bonds is 11. The number of pyridine rings is 1. The van der Waals surface area contributed by atoms with E-state index < -0.39 is 12.1 Å². The molecule has 0 saturated carbocycles. The zero-order valence-electron chi connectivity index (χ0n) is 25.6. The lowest BCUT2D eigenvalue weighted by Gasteiger charge is -2.20. The molecule has 0 fully saturated rings. The number of methoxy groups -OCH3 is 3. The second kappa shape index (κ2) is 14.0. The molecule has 1 aliphatic rings. The molecule has 0 unspecified atom stereocenters. The second-order valence-electron chi connectivity index (χ2n) is 11.0. The van der Waals surface area contributed by atoms with Crippen molar-refractivity contribution in [2.45, 2.75) is 58.7 Å². The Morgan fingerprint density at radius 1 is 1.00 bits per heavy atom. The Balaban J connectivity index is 1.81. The normalized spacial score (nSPS) is 14.4. The van der Waals surface area contributed by atoms with Crippen LogP contribution >= 0.6 is 0 Å². The zero-order valence-corrected chi connectivity index (χ0v) is 25.6. The fourth-order valence-electron chi connectivity index (χ4n) is 5.53. The molecule has 43 heavy (non-hydrogen) atoms. The number of nitrogens with one attached hydrogen (secondary N) is 3. The van der Waals surface area contributed by atoms with Crippen LogP contribution in [0.4, 0.5) is 5.69 Å². The van der Waals surface area contributed by atoms with E-state index >= 15 is 0 Å². The number of anilines is 1. The number of carbonyl (C=O) groups is 2. The van der Waals surface area contributed by atoms with Crippen molar-refractivity contribution >= 4 is 17.5 Å².